The quantitative estimate of drug-likeness (QED) is 0.529. The van der Waals surface area contributed by atoms with Gasteiger partial charge >= 0.3 is 0 Å². The minimum atomic E-state index is 0.602. The van der Waals surface area contributed by atoms with Crippen LogP contribution in [0.4, 0.5) is 0 Å². The standard InChI is InChI=1S/C8H13N/c1-3-5-8(4-2)6-7-9/h5H,3-4,6H2,1-2H3/b8-5-. The zero-order chi connectivity index (χ0) is 7.11. The molecule has 0 atom stereocenters. The molecule has 50 valence electrons. The average Bonchev–Trinajstić information content (AvgIpc) is 1.88. The van der Waals surface area contributed by atoms with E-state index in [0.29, 0.717) is 6.42 Å². The molecule has 0 radical (unpaired) electrons. The van der Waals surface area contributed by atoms with Crippen LogP contribution in [0.3, 0.4) is 0 Å². The molecular formula is C8H13N. The summed E-state index contributed by atoms with van der Waals surface area (Å²) in [6.45, 7) is 4.17. The molecule has 0 saturated carbocycles. The van der Waals surface area contributed by atoms with Crippen molar-refractivity contribution in [2.24, 2.45) is 0 Å². The summed E-state index contributed by atoms with van der Waals surface area (Å²) >= 11 is 0. The molecule has 1 heteroatoms. The number of allylic oxidation sites excluding steroid dienone is 2. The van der Waals surface area contributed by atoms with E-state index >= 15 is 0 Å². The van der Waals surface area contributed by atoms with Crippen LogP contribution in [0.5, 0.6) is 0 Å². The van der Waals surface area contributed by atoms with E-state index in [9.17, 15) is 0 Å². The Hall–Kier alpha value is -0.770. The molecule has 9 heavy (non-hydrogen) atoms. The van der Waals surface area contributed by atoms with Gasteiger partial charge in [-0.05, 0) is 12.8 Å². The maximum absolute atomic E-state index is 8.30. The summed E-state index contributed by atoms with van der Waals surface area (Å²) in [6.07, 6.45) is 4.79. The molecule has 0 aliphatic rings. The van der Waals surface area contributed by atoms with E-state index in [0.717, 1.165) is 12.8 Å². The molecule has 0 saturated heterocycles. The first-order valence-electron chi connectivity index (χ1n) is 3.40. The molecule has 0 amide bonds. The van der Waals surface area contributed by atoms with Crippen molar-refractivity contribution in [2.45, 2.75) is 33.1 Å². The minimum Gasteiger partial charge on any atom is -0.198 e. The Balaban J connectivity index is 3.70. The number of hydrogen-bond acceptors (Lipinski definition) is 1. The molecule has 0 aromatic heterocycles. The molecule has 0 aliphatic carbocycles. The first kappa shape index (κ1) is 8.23. The van der Waals surface area contributed by atoms with Crippen molar-refractivity contribution in [3.05, 3.63) is 11.6 Å². The summed E-state index contributed by atoms with van der Waals surface area (Å²) < 4.78 is 0. The van der Waals surface area contributed by atoms with Gasteiger partial charge in [-0.15, -0.1) is 0 Å². The maximum atomic E-state index is 8.30. The van der Waals surface area contributed by atoms with E-state index in [4.69, 9.17) is 5.26 Å². The zero-order valence-electron chi connectivity index (χ0n) is 6.15. The van der Waals surface area contributed by atoms with Gasteiger partial charge in [0, 0.05) is 0 Å². The highest BCUT2D eigenvalue weighted by atomic mass is 14.2. The van der Waals surface area contributed by atoms with E-state index in [1.807, 2.05) is 0 Å². The number of rotatable bonds is 3. The fraction of sp³-hybridized carbons (Fsp3) is 0.625. The molecule has 0 aromatic rings. The highest BCUT2D eigenvalue weighted by molar-refractivity contribution is 5.06. The van der Waals surface area contributed by atoms with Crippen molar-refractivity contribution < 1.29 is 0 Å². The number of nitriles is 1. The van der Waals surface area contributed by atoms with Crippen LogP contribution in [0.1, 0.15) is 33.1 Å². The van der Waals surface area contributed by atoms with Crippen molar-refractivity contribution in [3.63, 3.8) is 0 Å². The van der Waals surface area contributed by atoms with E-state index in [1.54, 1.807) is 0 Å². The second-order valence-corrected chi connectivity index (χ2v) is 1.96. The SMILES string of the molecule is CC/C=C(/CC)CC#N. The van der Waals surface area contributed by atoms with Crippen molar-refractivity contribution >= 4 is 0 Å². The van der Waals surface area contributed by atoms with Gasteiger partial charge in [0.25, 0.3) is 0 Å². The Morgan fingerprint density at radius 3 is 2.56 bits per heavy atom. The second kappa shape index (κ2) is 5.37. The van der Waals surface area contributed by atoms with Crippen molar-refractivity contribution in [1.29, 1.82) is 5.26 Å². The molecule has 0 N–H and O–H groups in total. The van der Waals surface area contributed by atoms with Gasteiger partial charge in [0.05, 0.1) is 12.5 Å². The molecule has 1 nitrogen and oxygen atoms in total. The Morgan fingerprint density at radius 1 is 1.56 bits per heavy atom. The first-order chi connectivity index (χ1) is 4.35. The van der Waals surface area contributed by atoms with Gasteiger partial charge in [0.15, 0.2) is 0 Å². The maximum Gasteiger partial charge on any atom is 0.0666 e. The van der Waals surface area contributed by atoms with E-state index in [1.165, 1.54) is 5.57 Å². The smallest absolute Gasteiger partial charge is 0.0666 e. The fourth-order valence-corrected chi connectivity index (χ4v) is 0.732. The molecule has 0 spiro atoms. The Kier molecular flexibility index (Phi) is 4.91. The summed E-state index contributed by atoms with van der Waals surface area (Å²) in [6, 6.07) is 2.14. The molecular weight excluding hydrogens is 110 g/mol. The Morgan fingerprint density at radius 2 is 2.22 bits per heavy atom. The summed E-state index contributed by atoms with van der Waals surface area (Å²) in [4.78, 5) is 0. The van der Waals surface area contributed by atoms with Gasteiger partial charge in [-0.1, -0.05) is 25.5 Å². The van der Waals surface area contributed by atoms with Gasteiger partial charge in [-0.2, -0.15) is 5.26 Å². The highest BCUT2D eigenvalue weighted by Gasteiger charge is 1.88. The summed E-state index contributed by atoms with van der Waals surface area (Å²) in [7, 11) is 0. The van der Waals surface area contributed by atoms with Crippen LogP contribution >= 0.6 is 0 Å². The number of hydrogen-bond donors (Lipinski definition) is 0. The van der Waals surface area contributed by atoms with Crippen LogP contribution in [-0.2, 0) is 0 Å². The predicted molar refractivity (Wildman–Crippen MR) is 38.9 cm³/mol. The molecule has 0 aromatic carbocycles. The summed E-state index contributed by atoms with van der Waals surface area (Å²) in [5.74, 6) is 0. The zero-order valence-corrected chi connectivity index (χ0v) is 6.15. The summed E-state index contributed by atoms with van der Waals surface area (Å²) in [5.41, 5.74) is 1.26. The molecule has 0 rings (SSSR count). The fourth-order valence-electron chi connectivity index (χ4n) is 0.732. The van der Waals surface area contributed by atoms with E-state index in [-0.39, 0.29) is 0 Å². The lowest BCUT2D eigenvalue weighted by Crippen LogP contribution is -1.76. The normalized spacial score (nSPS) is 11.0. The van der Waals surface area contributed by atoms with Gasteiger partial charge < -0.3 is 0 Å². The Labute approximate surface area is 57.0 Å². The van der Waals surface area contributed by atoms with Gasteiger partial charge in [0.1, 0.15) is 0 Å². The lowest BCUT2D eigenvalue weighted by Gasteiger charge is -1.93. The van der Waals surface area contributed by atoms with Crippen LogP contribution in [0.2, 0.25) is 0 Å². The topological polar surface area (TPSA) is 23.8 Å². The van der Waals surface area contributed by atoms with E-state index < -0.39 is 0 Å². The van der Waals surface area contributed by atoms with Crippen molar-refractivity contribution in [2.75, 3.05) is 0 Å². The van der Waals surface area contributed by atoms with Gasteiger partial charge in [-0.25, -0.2) is 0 Å². The Bertz CT molecular complexity index is 128. The lowest BCUT2D eigenvalue weighted by molar-refractivity contribution is 1.01. The molecule has 0 heterocycles. The largest absolute Gasteiger partial charge is 0.198 e. The second-order valence-electron chi connectivity index (χ2n) is 1.96. The third kappa shape index (κ3) is 3.78. The molecule has 0 unspecified atom stereocenters. The molecule has 0 aliphatic heterocycles. The third-order valence-electron chi connectivity index (χ3n) is 1.25. The van der Waals surface area contributed by atoms with Gasteiger partial charge in [-0.3, -0.25) is 0 Å². The van der Waals surface area contributed by atoms with Crippen LogP contribution in [0.15, 0.2) is 11.6 Å². The average molecular weight is 123 g/mol. The monoisotopic (exact) mass is 123 g/mol. The third-order valence-corrected chi connectivity index (χ3v) is 1.25. The lowest BCUT2D eigenvalue weighted by atomic mass is 10.1. The van der Waals surface area contributed by atoms with Crippen molar-refractivity contribution in [1.82, 2.24) is 0 Å². The van der Waals surface area contributed by atoms with Crippen LogP contribution in [-0.4, -0.2) is 0 Å². The van der Waals surface area contributed by atoms with Gasteiger partial charge in [0.2, 0.25) is 0 Å². The predicted octanol–water partition coefficient (Wildman–Crippen LogP) is 2.65. The highest BCUT2D eigenvalue weighted by Crippen LogP contribution is 2.05. The van der Waals surface area contributed by atoms with Crippen LogP contribution < -0.4 is 0 Å². The van der Waals surface area contributed by atoms with Crippen LogP contribution in [0, 0.1) is 11.3 Å². The van der Waals surface area contributed by atoms with Crippen molar-refractivity contribution in [3.8, 4) is 6.07 Å². The number of nitrogens with zero attached hydrogens (tertiary/aromatic N) is 1. The van der Waals surface area contributed by atoms with Crippen LogP contribution in [0.25, 0.3) is 0 Å². The van der Waals surface area contributed by atoms with E-state index in [2.05, 4.69) is 26.0 Å². The first-order valence-corrected chi connectivity index (χ1v) is 3.40. The summed E-state index contributed by atoms with van der Waals surface area (Å²) in [5, 5.41) is 8.30. The molecule has 0 fully saturated rings. The molecule has 0 bridgehead atoms. The minimum absolute atomic E-state index is 0.602.